The van der Waals surface area contributed by atoms with E-state index in [1.54, 1.807) is 6.92 Å². The topological polar surface area (TPSA) is 38.7 Å². The number of benzene rings is 1. The largest absolute Gasteiger partial charge is 0.477 e. The maximum absolute atomic E-state index is 9.59. The second kappa shape index (κ2) is 7.64. The predicted molar refractivity (Wildman–Crippen MR) is 107 cm³/mol. The van der Waals surface area contributed by atoms with Gasteiger partial charge in [0.05, 0.1) is 13.2 Å². The van der Waals surface area contributed by atoms with Gasteiger partial charge >= 0.3 is 0 Å². The van der Waals surface area contributed by atoms with Crippen LogP contribution >= 0.6 is 12.2 Å². The normalized spacial score (nSPS) is 13.0. The van der Waals surface area contributed by atoms with Gasteiger partial charge in [-0.05, 0) is 73.0 Å². The molecule has 1 aromatic rings. The molecule has 0 bridgehead atoms. The second-order valence-corrected chi connectivity index (χ2v) is 13.7. The van der Waals surface area contributed by atoms with Crippen molar-refractivity contribution >= 4 is 25.6 Å². The second-order valence-electron chi connectivity index (χ2n) is 8.35. The van der Waals surface area contributed by atoms with Gasteiger partial charge in [-0.2, -0.15) is 0 Å². The Kier molecular flexibility index (Phi) is 6.78. The van der Waals surface area contributed by atoms with Gasteiger partial charge in [0.2, 0.25) is 0 Å². The number of hydrogen-bond donors (Lipinski definition) is 1. The first kappa shape index (κ1) is 21.3. The zero-order valence-corrected chi connectivity index (χ0v) is 18.1. The van der Waals surface area contributed by atoms with Gasteiger partial charge in [0, 0.05) is 6.92 Å². The summed E-state index contributed by atoms with van der Waals surface area (Å²) in [5.74, 6) is 0. The molecule has 0 radical (unpaired) electrons. The van der Waals surface area contributed by atoms with Gasteiger partial charge in [0.1, 0.15) is 5.60 Å². The van der Waals surface area contributed by atoms with Gasteiger partial charge in [-0.15, -0.1) is 0 Å². The Morgan fingerprint density at radius 1 is 1.08 bits per heavy atom. The maximum atomic E-state index is 9.59. The Balaban J connectivity index is 3.09. The zero-order chi connectivity index (χ0) is 18.8. The predicted octanol–water partition coefficient (Wildman–Crippen LogP) is 5.30. The van der Waals surface area contributed by atoms with E-state index >= 15 is 0 Å². The summed E-state index contributed by atoms with van der Waals surface area (Å²) in [6.07, 6.45) is 0. The summed E-state index contributed by atoms with van der Waals surface area (Å²) in [5.41, 5.74) is 2.37. The van der Waals surface area contributed by atoms with Crippen molar-refractivity contribution in [3.63, 3.8) is 0 Å². The first-order chi connectivity index (χ1) is 10.8. The number of rotatable bonds is 6. The van der Waals surface area contributed by atoms with E-state index in [-0.39, 0.29) is 11.6 Å². The molecule has 0 aliphatic carbocycles. The van der Waals surface area contributed by atoms with Crippen LogP contribution in [0.2, 0.25) is 18.1 Å². The number of aliphatic hydroxyl groups excluding tert-OH is 1. The first-order valence-corrected chi connectivity index (χ1v) is 11.7. The van der Waals surface area contributed by atoms with Gasteiger partial charge in [-0.1, -0.05) is 26.8 Å². The molecule has 0 saturated heterocycles. The van der Waals surface area contributed by atoms with Crippen LogP contribution in [0.25, 0.3) is 0 Å². The lowest BCUT2D eigenvalue weighted by Crippen LogP contribution is -2.40. The molecule has 0 unspecified atom stereocenters. The molecule has 0 saturated carbocycles. The first-order valence-electron chi connectivity index (χ1n) is 8.36. The minimum atomic E-state index is -1.82. The molecule has 0 heterocycles. The average Bonchev–Trinajstić information content (AvgIpc) is 2.42. The van der Waals surface area contributed by atoms with Crippen molar-refractivity contribution in [1.82, 2.24) is 0 Å². The third-order valence-corrected chi connectivity index (χ3v) is 9.30. The molecule has 5 heteroatoms. The Labute approximate surface area is 153 Å². The van der Waals surface area contributed by atoms with Crippen LogP contribution in [0.1, 0.15) is 58.2 Å². The molecule has 136 valence electrons. The highest BCUT2D eigenvalue weighted by atomic mass is 32.1. The fraction of sp³-hybridized carbons (Fsp3) is 0.632. The molecule has 1 N–H and O–H groups in total. The van der Waals surface area contributed by atoms with E-state index in [9.17, 15) is 5.11 Å². The van der Waals surface area contributed by atoms with E-state index in [0.717, 1.165) is 16.7 Å². The molecule has 0 fully saturated rings. The minimum absolute atomic E-state index is 0.00637. The van der Waals surface area contributed by atoms with Gasteiger partial charge in [0.15, 0.2) is 13.4 Å². The lowest BCUT2D eigenvalue weighted by Gasteiger charge is -2.36. The van der Waals surface area contributed by atoms with Gasteiger partial charge < -0.3 is 14.3 Å². The molecule has 0 amide bonds. The lowest BCUT2D eigenvalue weighted by molar-refractivity contribution is 0.0975. The van der Waals surface area contributed by atoms with E-state index < -0.39 is 13.9 Å². The number of hydrogen-bond acceptors (Lipinski definition) is 4. The molecule has 3 nitrogen and oxygen atoms in total. The highest BCUT2D eigenvalue weighted by Gasteiger charge is 2.37. The van der Waals surface area contributed by atoms with E-state index in [0.29, 0.717) is 11.7 Å². The molecule has 0 aliphatic rings. The SMILES string of the molecule is CC(=S)OC(C)(C)c1cc(CO)cc(CO[Si](C)(C)C(C)(C)C)c1. The van der Waals surface area contributed by atoms with Crippen molar-refractivity contribution in [1.29, 1.82) is 0 Å². The highest BCUT2D eigenvalue weighted by Crippen LogP contribution is 2.37. The van der Waals surface area contributed by atoms with Crippen LogP contribution in [0.5, 0.6) is 0 Å². The summed E-state index contributed by atoms with van der Waals surface area (Å²) in [5, 5.41) is 10.3. The van der Waals surface area contributed by atoms with Gasteiger partial charge in [-0.25, -0.2) is 0 Å². The average molecular weight is 369 g/mol. The zero-order valence-electron chi connectivity index (χ0n) is 16.3. The molecular weight excluding hydrogens is 336 g/mol. The summed E-state index contributed by atoms with van der Waals surface area (Å²) in [6.45, 7) is 17.5. The van der Waals surface area contributed by atoms with Crippen LogP contribution in [0.3, 0.4) is 0 Å². The summed E-state index contributed by atoms with van der Waals surface area (Å²) in [6, 6.07) is 6.05. The summed E-state index contributed by atoms with van der Waals surface area (Å²) in [4.78, 5) is 0. The standard InChI is InChI=1S/C19H32O3SSi/c1-14(23)22-19(5,6)17-10-15(12-20)9-16(11-17)13-21-24(7,8)18(2,3)4/h9-11,20H,12-13H2,1-8H3. The van der Waals surface area contributed by atoms with Crippen LogP contribution in [-0.2, 0) is 28.0 Å². The van der Waals surface area contributed by atoms with Crippen LogP contribution in [0.15, 0.2) is 18.2 Å². The number of ether oxygens (including phenoxy) is 1. The summed E-state index contributed by atoms with van der Waals surface area (Å²) < 4.78 is 12.1. The Bertz CT molecular complexity index is 589. The molecule has 0 aromatic heterocycles. The molecule has 1 rings (SSSR count). The van der Waals surface area contributed by atoms with Crippen molar-refractivity contribution in [2.24, 2.45) is 0 Å². The van der Waals surface area contributed by atoms with Crippen molar-refractivity contribution < 1.29 is 14.3 Å². The van der Waals surface area contributed by atoms with Crippen LogP contribution in [0, 0.1) is 0 Å². The highest BCUT2D eigenvalue weighted by molar-refractivity contribution is 7.80. The van der Waals surface area contributed by atoms with E-state index in [2.05, 4.69) is 39.9 Å². The van der Waals surface area contributed by atoms with Crippen LogP contribution in [0.4, 0.5) is 0 Å². The lowest BCUT2D eigenvalue weighted by atomic mass is 9.94. The quantitative estimate of drug-likeness (QED) is 0.546. The molecular formula is C19H32O3SSi. The van der Waals surface area contributed by atoms with Crippen molar-refractivity contribution in [3.8, 4) is 0 Å². The van der Waals surface area contributed by atoms with E-state index in [1.165, 1.54) is 0 Å². The summed E-state index contributed by atoms with van der Waals surface area (Å²) in [7, 11) is -1.82. The fourth-order valence-corrected chi connectivity index (χ4v) is 3.35. The van der Waals surface area contributed by atoms with Gasteiger partial charge in [-0.3, -0.25) is 0 Å². The van der Waals surface area contributed by atoms with Crippen molar-refractivity contribution in [2.75, 3.05) is 0 Å². The molecule has 0 aliphatic heterocycles. The van der Waals surface area contributed by atoms with E-state index in [1.807, 2.05) is 26.0 Å². The van der Waals surface area contributed by atoms with E-state index in [4.69, 9.17) is 21.4 Å². The molecule has 0 atom stereocenters. The smallest absolute Gasteiger partial charge is 0.192 e. The number of aliphatic hydroxyl groups is 1. The van der Waals surface area contributed by atoms with Crippen molar-refractivity contribution in [3.05, 3.63) is 34.9 Å². The monoisotopic (exact) mass is 368 g/mol. The maximum Gasteiger partial charge on any atom is 0.192 e. The Hall–Kier alpha value is -0.753. The van der Waals surface area contributed by atoms with Crippen LogP contribution < -0.4 is 0 Å². The third kappa shape index (κ3) is 5.65. The van der Waals surface area contributed by atoms with Gasteiger partial charge in [0.25, 0.3) is 0 Å². The molecule has 1 aromatic carbocycles. The number of thiocarbonyl (C=S) groups is 1. The third-order valence-electron chi connectivity index (χ3n) is 4.74. The fourth-order valence-electron chi connectivity index (χ4n) is 2.18. The van der Waals surface area contributed by atoms with Crippen molar-refractivity contribution in [2.45, 2.75) is 78.5 Å². The summed E-state index contributed by atoms with van der Waals surface area (Å²) >= 11 is 5.09. The Morgan fingerprint density at radius 3 is 2.08 bits per heavy atom. The molecule has 0 spiro atoms. The van der Waals surface area contributed by atoms with Crippen LogP contribution in [-0.4, -0.2) is 18.5 Å². The Morgan fingerprint density at radius 2 is 1.62 bits per heavy atom. The minimum Gasteiger partial charge on any atom is -0.477 e. The molecule has 24 heavy (non-hydrogen) atoms.